The normalized spacial score (nSPS) is 17.2. The SMILES string of the molecule is CCC(C)(C#N)NC(=O)[C@@H](C)O. The number of hydrogen-bond acceptors (Lipinski definition) is 3. The van der Waals surface area contributed by atoms with Crippen LogP contribution < -0.4 is 5.32 Å². The van der Waals surface area contributed by atoms with E-state index in [1.54, 1.807) is 13.8 Å². The molecule has 68 valence electrons. The van der Waals surface area contributed by atoms with Crippen LogP contribution in [-0.4, -0.2) is 22.7 Å². The minimum Gasteiger partial charge on any atom is -0.384 e. The molecule has 0 radical (unpaired) electrons. The predicted octanol–water partition coefficient (Wildman–Crippen LogP) is 0.176. The largest absolute Gasteiger partial charge is 0.384 e. The van der Waals surface area contributed by atoms with Crippen molar-refractivity contribution in [3.05, 3.63) is 0 Å². The third-order valence-electron chi connectivity index (χ3n) is 1.73. The first-order chi connectivity index (χ1) is 5.45. The Bertz CT molecular complexity index is 208. The molecule has 1 unspecified atom stereocenters. The Hall–Kier alpha value is -1.08. The van der Waals surface area contributed by atoms with Crippen LogP contribution in [0.5, 0.6) is 0 Å². The van der Waals surface area contributed by atoms with E-state index in [1.165, 1.54) is 6.92 Å². The maximum Gasteiger partial charge on any atom is 0.249 e. The zero-order valence-corrected chi connectivity index (χ0v) is 7.59. The molecule has 0 aliphatic carbocycles. The molecule has 0 saturated carbocycles. The molecule has 2 atom stereocenters. The van der Waals surface area contributed by atoms with Crippen molar-refractivity contribution >= 4 is 5.91 Å². The number of rotatable bonds is 3. The van der Waals surface area contributed by atoms with E-state index in [0.717, 1.165) is 0 Å². The molecule has 4 heteroatoms. The Morgan fingerprint density at radius 3 is 2.58 bits per heavy atom. The molecule has 0 spiro atoms. The molecule has 1 amide bonds. The van der Waals surface area contributed by atoms with E-state index in [-0.39, 0.29) is 0 Å². The Kier molecular flexibility index (Phi) is 3.71. The van der Waals surface area contributed by atoms with Crippen molar-refractivity contribution in [2.24, 2.45) is 0 Å². The lowest BCUT2D eigenvalue weighted by atomic mass is 10.0. The Morgan fingerprint density at radius 2 is 2.33 bits per heavy atom. The van der Waals surface area contributed by atoms with E-state index in [9.17, 15) is 4.79 Å². The van der Waals surface area contributed by atoms with Gasteiger partial charge in [0, 0.05) is 0 Å². The van der Waals surface area contributed by atoms with Crippen LogP contribution in [0.1, 0.15) is 27.2 Å². The van der Waals surface area contributed by atoms with E-state index < -0.39 is 17.6 Å². The Labute approximate surface area is 72.2 Å². The van der Waals surface area contributed by atoms with Crippen LogP contribution in [0, 0.1) is 11.3 Å². The molecular weight excluding hydrogens is 156 g/mol. The highest BCUT2D eigenvalue weighted by Gasteiger charge is 2.25. The monoisotopic (exact) mass is 170 g/mol. The summed E-state index contributed by atoms with van der Waals surface area (Å²) in [6.45, 7) is 4.78. The van der Waals surface area contributed by atoms with Crippen LogP contribution in [0.2, 0.25) is 0 Å². The average Bonchev–Trinajstić information content (AvgIpc) is 2.04. The number of carbonyl (C=O) groups excluding carboxylic acids is 1. The molecule has 2 N–H and O–H groups in total. The summed E-state index contributed by atoms with van der Waals surface area (Å²) in [5, 5.41) is 20.0. The zero-order chi connectivity index (χ0) is 9.78. The highest BCUT2D eigenvalue weighted by atomic mass is 16.3. The zero-order valence-electron chi connectivity index (χ0n) is 7.59. The van der Waals surface area contributed by atoms with Gasteiger partial charge in [-0.05, 0) is 20.3 Å². The van der Waals surface area contributed by atoms with Crippen molar-refractivity contribution in [1.82, 2.24) is 5.32 Å². The molecule has 0 fully saturated rings. The van der Waals surface area contributed by atoms with Gasteiger partial charge in [0.1, 0.15) is 11.6 Å². The number of amides is 1. The maximum atomic E-state index is 11.0. The van der Waals surface area contributed by atoms with Gasteiger partial charge in [0.2, 0.25) is 5.91 Å². The van der Waals surface area contributed by atoms with Gasteiger partial charge in [0.15, 0.2) is 0 Å². The Morgan fingerprint density at radius 1 is 1.83 bits per heavy atom. The van der Waals surface area contributed by atoms with Crippen LogP contribution >= 0.6 is 0 Å². The molecule has 4 nitrogen and oxygen atoms in total. The summed E-state index contributed by atoms with van der Waals surface area (Å²) in [5.41, 5.74) is -0.867. The number of hydrogen-bond donors (Lipinski definition) is 2. The van der Waals surface area contributed by atoms with E-state index >= 15 is 0 Å². The fourth-order valence-corrected chi connectivity index (χ4v) is 0.572. The number of nitrogens with zero attached hydrogens (tertiary/aromatic N) is 1. The fourth-order valence-electron chi connectivity index (χ4n) is 0.572. The van der Waals surface area contributed by atoms with Crippen LogP contribution in [0.25, 0.3) is 0 Å². The summed E-state index contributed by atoms with van der Waals surface area (Å²) < 4.78 is 0. The van der Waals surface area contributed by atoms with Crippen LogP contribution in [-0.2, 0) is 4.79 Å². The van der Waals surface area contributed by atoms with E-state index in [2.05, 4.69) is 5.32 Å². The average molecular weight is 170 g/mol. The van der Waals surface area contributed by atoms with Crippen molar-refractivity contribution in [2.75, 3.05) is 0 Å². The second-order valence-electron chi connectivity index (χ2n) is 2.96. The molecule has 0 aliphatic heterocycles. The summed E-state index contributed by atoms with van der Waals surface area (Å²) in [5.74, 6) is -0.513. The predicted molar refractivity (Wildman–Crippen MR) is 44.1 cm³/mol. The summed E-state index contributed by atoms with van der Waals surface area (Å²) >= 11 is 0. The van der Waals surface area contributed by atoms with Crippen molar-refractivity contribution < 1.29 is 9.90 Å². The molecule has 0 aromatic heterocycles. The van der Waals surface area contributed by atoms with Gasteiger partial charge in [-0.2, -0.15) is 5.26 Å². The second-order valence-corrected chi connectivity index (χ2v) is 2.96. The molecule has 0 bridgehead atoms. The summed E-state index contributed by atoms with van der Waals surface area (Å²) in [7, 11) is 0. The number of nitrogens with one attached hydrogen (secondary N) is 1. The third kappa shape index (κ3) is 2.89. The van der Waals surface area contributed by atoms with E-state index in [1.807, 2.05) is 6.07 Å². The standard InChI is InChI=1S/C8H14N2O2/c1-4-8(3,5-9)10-7(12)6(2)11/h6,11H,4H2,1-3H3,(H,10,12)/t6-,8?/m1/s1. The topological polar surface area (TPSA) is 73.1 Å². The van der Waals surface area contributed by atoms with Gasteiger partial charge in [0.05, 0.1) is 6.07 Å². The molecule has 0 aliphatic rings. The lowest BCUT2D eigenvalue weighted by Crippen LogP contribution is -2.47. The molecule has 0 aromatic carbocycles. The lowest BCUT2D eigenvalue weighted by molar-refractivity contribution is -0.129. The molecular formula is C8H14N2O2. The molecule has 0 saturated heterocycles. The van der Waals surface area contributed by atoms with Gasteiger partial charge < -0.3 is 10.4 Å². The van der Waals surface area contributed by atoms with Gasteiger partial charge in [-0.25, -0.2) is 0 Å². The highest BCUT2D eigenvalue weighted by Crippen LogP contribution is 2.06. The minimum absolute atomic E-state index is 0.513. The smallest absolute Gasteiger partial charge is 0.249 e. The Balaban J connectivity index is 4.25. The first kappa shape index (κ1) is 10.9. The van der Waals surface area contributed by atoms with Gasteiger partial charge in [-0.15, -0.1) is 0 Å². The third-order valence-corrected chi connectivity index (χ3v) is 1.73. The number of aliphatic hydroxyl groups is 1. The first-order valence-electron chi connectivity index (χ1n) is 3.86. The minimum atomic E-state index is -1.07. The molecule has 0 rings (SSSR count). The summed E-state index contributed by atoms with van der Waals surface area (Å²) in [6, 6.07) is 1.97. The maximum absolute atomic E-state index is 11.0. The van der Waals surface area contributed by atoms with Gasteiger partial charge in [-0.1, -0.05) is 6.92 Å². The molecule has 0 aromatic rings. The molecule has 12 heavy (non-hydrogen) atoms. The molecule has 0 heterocycles. The van der Waals surface area contributed by atoms with Crippen LogP contribution in [0.15, 0.2) is 0 Å². The van der Waals surface area contributed by atoms with Gasteiger partial charge in [0.25, 0.3) is 0 Å². The summed E-state index contributed by atoms with van der Waals surface area (Å²) in [6.07, 6.45) is -0.550. The van der Waals surface area contributed by atoms with Gasteiger partial charge in [-0.3, -0.25) is 4.79 Å². The lowest BCUT2D eigenvalue weighted by Gasteiger charge is -2.21. The summed E-state index contributed by atoms with van der Waals surface area (Å²) in [4.78, 5) is 11.0. The second kappa shape index (κ2) is 4.07. The highest BCUT2D eigenvalue weighted by molar-refractivity contribution is 5.81. The van der Waals surface area contributed by atoms with Gasteiger partial charge >= 0.3 is 0 Å². The number of aliphatic hydroxyl groups excluding tert-OH is 1. The van der Waals surface area contributed by atoms with Crippen LogP contribution in [0.4, 0.5) is 0 Å². The van der Waals surface area contributed by atoms with Crippen molar-refractivity contribution in [1.29, 1.82) is 5.26 Å². The first-order valence-corrected chi connectivity index (χ1v) is 3.86. The van der Waals surface area contributed by atoms with E-state index in [4.69, 9.17) is 10.4 Å². The fraction of sp³-hybridized carbons (Fsp3) is 0.750. The quantitative estimate of drug-likeness (QED) is 0.634. The van der Waals surface area contributed by atoms with Crippen LogP contribution in [0.3, 0.4) is 0 Å². The number of carbonyl (C=O) groups is 1. The number of nitriles is 1. The van der Waals surface area contributed by atoms with Crippen molar-refractivity contribution in [2.45, 2.75) is 38.8 Å². The van der Waals surface area contributed by atoms with Crippen molar-refractivity contribution in [3.8, 4) is 6.07 Å². The van der Waals surface area contributed by atoms with Crippen molar-refractivity contribution in [3.63, 3.8) is 0 Å². The van der Waals surface area contributed by atoms with E-state index in [0.29, 0.717) is 6.42 Å².